The number of hydrogen-bond acceptors (Lipinski definition) is 2. The molecular weight excluding hydrogens is 633 g/mol. The van der Waals surface area contributed by atoms with Gasteiger partial charge in [0.05, 0.1) is 16.7 Å². The predicted molar refractivity (Wildman–Crippen MR) is 216 cm³/mol. The van der Waals surface area contributed by atoms with Gasteiger partial charge in [0.15, 0.2) is 0 Å². The summed E-state index contributed by atoms with van der Waals surface area (Å²) in [5, 5.41) is 13.6. The van der Waals surface area contributed by atoms with Crippen molar-refractivity contribution in [3.05, 3.63) is 188 Å². The number of nitrogens with zero attached hydrogens (tertiary/aromatic N) is 1. The highest BCUT2D eigenvalue weighted by Gasteiger charge is 2.17. The molecule has 0 aliphatic carbocycles. The minimum atomic E-state index is 0.190. The number of fused-ring (bicyclic) bond motifs is 3. The van der Waals surface area contributed by atoms with Crippen molar-refractivity contribution in [3.8, 4) is 67.4 Å². The fourth-order valence-corrected chi connectivity index (χ4v) is 7.19. The Bertz CT molecular complexity index is 2690. The Morgan fingerprint density at radius 3 is 1.79 bits per heavy atom. The van der Waals surface area contributed by atoms with Gasteiger partial charge in [-0.25, -0.2) is 0 Å². The maximum atomic E-state index is 11.2. The molecule has 0 bridgehead atoms. The van der Waals surface area contributed by atoms with E-state index >= 15 is 0 Å². The summed E-state index contributed by atoms with van der Waals surface area (Å²) in [6, 6.07) is 63.7. The smallest absolute Gasteiger partial charge is 0.128 e. The zero-order valence-corrected chi connectivity index (χ0v) is 28.3. The van der Waals surface area contributed by atoms with E-state index in [0.29, 0.717) is 22.5 Å². The number of aromatic nitrogens is 1. The van der Waals surface area contributed by atoms with E-state index in [2.05, 4.69) is 120 Å². The first-order valence-corrected chi connectivity index (χ1v) is 17.4. The van der Waals surface area contributed by atoms with Crippen LogP contribution >= 0.6 is 0 Å². The Morgan fingerprint density at radius 2 is 1.00 bits per heavy atom. The van der Waals surface area contributed by atoms with Crippen LogP contribution in [0.1, 0.15) is 0 Å². The Balaban J connectivity index is 1.06. The first kappa shape index (κ1) is 31.2. The van der Waals surface area contributed by atoms with Crippen LogP contribution in [0.4, 0.5) is 0 Å². The molecule has 0 saturated carbocycles. The molecule has 1 aromatic heterocycles. The fourth-order valence-electron chi connectivity index (χ4n) is 7.19. The van der Waals surface area contributed by atoms with Crippen molar-refractivity contribution < 1.29 is 9.84 Å². The minimum absolute atomic E-state index is 0.190. The summed E-state index contributed by atoms with van der Waals surface area (Å²) in [6.45, 7) is 0. The van der Waals surface area contributed by atoms with Gasteiger partial charge in [-0.15, -0.1) is 0 Å². The summed E-state index contributed by atoms with van der Waals surface area (Å²) in [5.41, 5.74) is 11.9. The van der Waals surface area contributed by atoms with Crippen LogP contribution in [0.5, 0.6) is 17.2 Å². The summed E-state index contributed by atoms with van der Waals surface area (Å²) >= 11 is 0. The van der Waals surface area contributed by atoms with E-state index < -0.39 is 0 Å². The Labute approximate surface area is 304 Å². The lowest BCUT2D eigenvalue weighted by atomic mass is 9.91. The normalized spacial score (nSPS) is 11.2. The van der Waals surface area contributed by atoms with Gasteiger partial charge in [-0.3, -0.25) is 0 Å². The SMILES string of the molecule is [B]c1ccc(-c2cccc(-c3ccccc3)c2)cc1Oc1cccc(-c2cc(-c3ccccc3-n3c4ccccc4c4ccccc43)ccc2O)c1. The van der Waals surface area contributed by atoms with Crippen molar-refractivity contribution in [1.29, 1.82) is 0 Å². The highest BCUT2D eigenvalue weighted by atomic mass is 16.5. The molecule has 244 valence electrons. The molecule has 0 aliphatic heterocycles. The summed E-state index contributed by atoms with van der Waals surface area (Å²) in [7, 11) is 6.45. The standard InChI is InChI=1S/C48H32BNO2/c49-43-26-24-35(34-15-10-14-33(28-34)32-12-2-1-3-13-32)31-48(43)52-38-17-11-16-36(29-38)42-30-37(25-27-47(42)51)39-18-4-7-21-44(39)50-45-22-8-5-19-40(45)41-20-6-9-23-46(41)50/h1-31,51H. The number of phenols is 1. The molecule has 3 nitrogen and oxygen atoms in total. The van der Waals surface area contributed by atoms with Crippen molar-refractivity contribution in [2.75, 3.05) is 0 Å². The topological polar surface area (TPSA) is 34.4 Å². The average molecular weight is 666 g/mol. The van der Waals surface area contributed by atoms with Crippen LogP contribution in [0.15, 0.2) is 188 Å². The number of aromatic hydroxyl groups is 1. The third kappa shape index (κ3) is 5.71. The molecule has 0 atom stereocenters. The van der Waals surface area contributed by atoms with Gasteiger partial charge in [0.25, 0.3) is 0 Å². The van der Waals surface area contributed by atoms with Gasteiger partial charge in [-0.05, 0) is 88.0 Å². The highest BCUT2D eigenvalue weighted by molar-refractivity contribution is 6.34. The highest BCUT2D eigenvalue weighted by Crippen LogP contribution is 2.40. The van der Waals surface area contributed by atoms with Gasteiger partial charge in [0.1, 0.15) is 25.1 Å². The van der Waals surface area contributed by atoms with Crippen molar-refractivity contribution >= 4 is 35.1 Å². The third-order valence-electron chi connectivity index (χ3n) is 9.72. The van der Waals surface area contributed by atoms with Gasteiger partial charge in [0, 0.05) is 21.9 Å². The van der Waals surface area contributed by atoms with Crippen molar-refractivity contribution in [1.82, 2.24) is 4.57 Å². The first-order chi connectivity index (χ1) is 25.6. The molecule has 0 amide bonds. The summed E-state index contributed by atoms with van der Waals surface area (Å²) < 4.78 is 8.77. The molecule has 52 heavy (non-hydrogen) atoms. The summed E-state index contributed by atoms with van der Waals surface area (Å²) in [6.07, 6.45) is 0. The molecule has 4 heteroatoms. The maximum Gasteiger partial charge on any atom is 0.128 e. The molecule has 1 heterocycles. The summed E-state index contributed by atoms with van der Waals surface area (Å²) in [5.74, 6) is 1.38. The van der Waals surface area contributed by atoms with Gasteiger partial charge in [-0.2, -0.15) is 0 Å². The Hall–Kier alpha value is -6.78. The zero-order valence-electron chi connectivity index (χ0n) is 28.3. The van der Waals surface area contributed by atoms with Gasteiger partial charge in [-0.1, -0.05) is 139 Å². The van der Waals surface area contributed by atoms with E-state index in [9.17, 15) is 5.11 Å². The molecule has 0 aliphatic rings. The molecule has 9 aromatic rings. The third-order valence-corrected chi connectivity index (χ3v) is 9.72. The van der Waals surface area contributed by atoms with Gasteiger partial charge >= 0.3 is 0 Å². The van der Waals surface area contributed by atoms with Crippen LogP contribution in [0.3, 0.4) is 0 Å². The average Bonchev–Trinajstić information content (AvgIpc) is 3.54. The zero-order chi connectivity index (χ0) is 35.0. The number of rotatable bonds is 7. The Morgan fingerprint density at radius 1 is 0.423 bits per heavy atom. The van der Waals surface area contributed by atoms with Gasteiger partial charge < -0.3 is 14.4 Å². The fraction of sp³-hybridized carbons (Fsp3) is 0. The van der Waals surface area contributed by atoms with Crippen molar-refractivity contribution in [2.45, 2.75) is 0 Å². The lowest BCUT2D eigenvalue weighted by molar-refractivity contribution is 0.477. The molecule has 0 fully saturated rings. The van der Waals surface area contributed by atoms with Crippen molar-refractivity contribution in [2.24, 2.45) is 0 Å². The number of ether oxygens (including phenoxy) is 1. The number of hydrogen-bond donors (Lipinski definition) is 1. The van der Waals surface area contributed by atoms with Crippen LogP contribution in [0.2, 0.25) is 0 Å². The largest absolute Gasteiger partial charge is 0.507 e. The van der Waals surface area contributed by atoms with Crippen molar-refractivity contribution in [3.63, 3.8) is 0 Å². The maximum absolute atomic E-state index is 11.2. The van der Waals surface area contributed by atoms with E-state index in [1.54, 1.807) is 6.07 Å². The summed E-state index contributed by atoms with van der Waals surface area (Å²) in [4.78, 5) is 0. The lowest BCUT2D eigenvalue weighted by Gasteiger charge is -2.16. The molecule has 0 spiro atoms. The minimum Gasteiger partial charge on any atom is -0.507 e. The molecule has 8 aromatic carbocycles. The van der Waals surface area contributed by atoms with Crippen LogP contribution in [-0.4, -0.2) is 17.5 Å². The molecule has 0 saturated heterocycles. The predicted octanol–water partition coefficient (Wildman–Crippen LogP) is 11.7. The lowest BCUT2D eigenvalue weighted by Crippen LogP contribution is -2.06. The second-order valence-electron chi connectivity index (χ2n) is 12.9. The van der Waals surface area contributed by atoms with Crippen LogP contribution in [0, 0.1) is 0 Å². The quantitative estimate of drug-likeness (QED) is 0.172. The van der Waals surface area contributed by atoms with E-state index in [0.717, 1.165) is 55.7 Å². The van der Waals surface area contributed by atoms with Gasteiger partial charge in [0.2, 0.25) is 0 Å². The van der Waals surface area contributed by atoms with E-state index in [-0.39, 0.29) is 5.75 Å². The van der Waals surface area contributed by atoms with E-state index in [1.807, 2.05) is 66.7 Å². The van der Waals surface area contributed by atoms with Crippen LogP contribution in [-0.2, 0) is 0 Å². The van der Waals surface area contributed by atoms with Crippen LogP contribution in [0.25, 0.3) is 72.0 Å². The monoisotopic (exact) mass is 665 g/mol. The van der Waals surface area contributed by atoms with Crippen LogP contribution < -0.4 is 10.2 Å². The molecular formula is C48H32BNO2. The second kappa shape index (κ2) is 13.2. The second-order valence-corrected chi connectivity index (χ2v) is 12.9. The molecule has 2 radical (unpaired) electrons. The molecule has 1 N–H and O–H groups in total. The Kier molecular flexibility index (Phi) is 7.90. The number of para-hydroxylation sites is 3. The number of phenolic OH excluding ortho intramolecular Hbond substituents is 1. The first-order valence-electron chi connectivity index (χ1n) is 17.4. The van der Waals surface area contributed by atoms with E-state index in [1.165, 1.54) is 10.8 Å². The molecule has 0 unspecified atom stereocenters. The molecule has 9 rings (SSSR count). The van der Waals surface area contributed by atoms with E-state index in [4.69, 9.17) is 12.6 Å². The number of benzene rings is 8.